The summed E-state index contributed by atoms with van der Waals surface area (Å²) in [5, 5.41) is 3.97. The van der Waals surface area contributed by atoms with Gasteiger partial charge in [-0.3, -0.25) is 9.78 Å². The lowest BCUT2D eigenvalue weighted by Crippen LogP contribution is -2.24. The molecule has 19 heavy (non-hydrogen) atoms. The molecule has 4 heteroatoms. The number of hydrogen-bond acceptors (Lipinski definition) is 2. The molecule has 1 N–H and O–H groups in total. The number of unbranched alkanes of at least 4 members (excludes halogenated alkanes) is 2. The number of aromatic nitrogens is 1. The Hall–Kier alpha value is -1.17. The molecule has 1 heterocycles. The summed E-state index contributed by atoms with van der Waals surface area (Å²) >= 11 is 2.38. The second-order valence-electron chi connectivity index (χ2n) is 4.39. The molecule has 0 aliphatic heterocycles. The van der Waals surface area contributed by atoms with E-state index in [2.05, 4.69) is 32.9 Å². The number of hydrogen-bond donors (Lipinski definition) is 1. The van der Waals surface area contributed by atoms with Crippen LogP contribution in [0.4, 0.5) is 0 Å². The van der Waals surface area contributed by atoms with Gasteiger partial charge in [-0.15, -0.1) is 0 Å². The first-order valence-electron chi connectivity index (χ1n) is 6.51. The van der Waals surface area contributed by atoms with Crippen LogP contribution in [0.15, 0.2) is 36.5 Å². The number of carbonyl (C=O) groups excluding carboxylic acids is 1. The molecule has 2 rings (SSSR count). The quantitative estimate of drug-likeness (QED) is 0.481. The van der Waals surface area contributed by atoms with Crippen molar-refractivity contribution in [3.8, 4) is 0 Å². The molecule has 3 nitrogen and oxygen atoms in total. The fourth-order valence-corrected chi connectivity index (χ4v) is 2.52. The number of benzene rings is 1. The SMILES string of the molecule is O=C(NCCCCCI)c1cccc2cccnc12. The van der Waals surface area contributed by atoms with Crippen molar-refractivity contribution in [2.24, 2.45) is 0 Å². The fourth-order valence-electron chi connectivity index (χ4n) is 1.98. The topological polar surface area (TPSA) is 42.0 Å². The van der Waals surface area contributed by atoms with Crippen molar-refractivity contribution in [2.45, 2.75) is 19.3 Å². The number of fused-ring (bicyclic) bond motifs is 1. The average molecular weight is 368 g/mol. The first kappa shape index (κ1) is 14.2. The van der Waals surface area contributed by atoms with E-state index in [0.29, 0.717) is 5.56 Å². The predicted octanol–water partition coefficient (Wildman–Crippen LogP) is 3.57. The first-order valence-corrected chi connectivity index (χ1v) is 8.03. The van der Waals surface area contributed by atoms with Crippen LogP contribution in [0.3, 0.4) is 0 Å². The molecular weight excluding hydrogens is 351 g/mol. The molecule has 0 spiro atoms. The van der Waals surface area contributed by atoms with Gasteiger partial charge in [-0.1, -0.05) is 47.2 Å². The van der Waals surface area contributed by atoms with Crippen LogP contribution in [-0.4, -0.2) is 21.9 Å². The number of nitrogens with one attached hydrogen (secondary N) is 1. The molecule has 2 aromatic rings. The molecule has 0 fully saturated rings. The third-order valence-electron chi connectivity index (χ3n) is 2.97. The Balaban J connectivity index is 2.01. The lowest BCUT2D eigenvalue weighted by Gasteiger charge is -2.07. The van der Waals surface area contributed by atoms with Gasteiger partial charge < -0.3 is 5.32 Å². The first-order chi connectivity index (χ1) is 9.33. The van der Waals surface area contributed by atoms with Crippen LogP contribution in [0.1, 0.15) is 29.6 Å². The average Bonchev–Trinajstić information content (AvgIpc) is 2.46. The van der Waals surface area contributed by atoms with Crippen LogP contribution in [0, 0.1) is 0 Å². The lowest BCUT2D eigenvalue weighted by molar-refractivity contribution is 0.0954. The molecule has 0 saturated carbocycles. The minimum Gasteiger partial charge on any atom is -0.352 e. The van der Waals surface area contributed by atoms with Crippen LogP contribution in [0.25, 0.3) is 10.9 Å². The number of para-hydroxylation sites is 1. The number of halogens is 1. The van der Waals surface area contributed by atoms with Gasteiger partial charge in [0.05, 0.1) is 11.1 Å². The Morgan fingerprint density at radius 2 is 2.00 bits per heavy atom. The highest BCUT2D eigenvalue weighted by Crippen LogP contribution is 2.15. The summed E-state index contributed by atoms with van der Waals surface area (Å²) in [6, 6.07) is 9.55. The summed E-state index contributed by atoms with van der Waals surface area (Å²) in [7, 11) is 0. The van der Waals surface area contributed by atoms with E-state index in [9.17, 15) is 4.79 Å². The zero-order chi connectivity index (χ0) is 13.5. The number of rotatable bonds is 6. The van der Waals surface area contributed by atoms with E-state index in [1.165, 1.54) is 10.8 Å². The monoisotopic (exact) mass is 368 g/mol. The van der Waals surface area contributed by atoms with Crippen molar-refractivity contribution in [3.63, 3.8) is 0 Å². The molecule has 0 unspecified atom stereocenters. The van der Waals surface area contributed by atoms with Crippen LogP contribution >= 0.6 is 22.6 Å². The molecule has 1 aromatic heterocycles. The van der Waals surface area contributed by atoms with Gasteiger partial charge in [0.25, 0.3) is 5.91 Å². The molecule has 0 bridgehead atoms. The van der Waals surface area contributed by atoms with Crippen molar-refractivity contribution in [1.82, 2.24) is 10.3 Å². The zero-order valence-electron chi connectivity index (χ0n) is 10.7. The highest BCUT2D eigenvalue weighted by atomic mass is 127. The number of carbonyl (C=O) groups is 1. The van der Waals surface area contributed by atoms with E-state index < -0.39 is 0 Å². The van der Waals surface area contributed by atoms with Crippen molar-refractivity contribution < 1.29 is 4.79 Å². The number of amides is 1. The van der Waals surface area contributed by atoms with Gasteiger partial charge in [-0.05, 0) is 29.4 Å². The van der Waals surface area contributed by atoms with E-state index in [1.807, 2.05) is 30.3 Å². The molecule has 1 amide bonds. The minimum absolute atomic E-state index is 0.0289. The molecular formula is C15H17IN2O. The van der Waals surface area contributed by atoms with Crippen molar-refractivity contribution >= 4 is 39.4 Å². The molecule has 0 saturated heterocycles. The predicted molar refractivity (Wildman–Crippen MR) is 86.8 cm³/mol. The van der Waals surface area contributed by atoms with Crippen molar-refractivity contribution in [2.75, 3.05) is 11.0 Å². The Morgan fingerprint density at radius 3 is 2.84 bits per heavy atom. The Morgan fingerprint density at radius 1 is 1.16 bits per heavy atom. The number of alkyl halides is 1. The Labute approximate surface area is 126 Å². The summed E-state index contributed by atoms with van der Waals surface area (Å²) in [6.07, 6.45) is 5.13. The Bertz CT molecular complexity index is 551. The van der Waals surface area contributed by atoms with Crippen LogP contribution in [-0.2, 0) is 0 Å². The van der Waals surface area contributed by atoms with Gasteiger partial charge in [0.15, 0.2) is 0 Å². The molecule has 0 aliphatic carbocycles. The van der Waals surface area contributed by atoms with Gasteiger partial charge in [0.2, 0.25) is 0 Å². The zero-order valence-corrected chi connectivity index (χ0v) is 12.9. The maximum atomic E-state index is 12.1. The molecule has 0 atom stereocenters. The van der Waals surface area contributed by atoms with E-state index >= 15 is 0 Å². The van der Waals surface area contributed by atoms with E-state index in [1.54, 1.807) is 6.20 Å². The van der Waals surface area contributed by atoms with Crippen LogP contribution in [0.5, 0.6) is 0 Å². The second-order valence-corrected chi connectivity index (χ2v) is 5.46. The largest absolute Gasteiger partial charge is 0.352 e. The summed E-state index contributed by atoms with van der Waals surface area (Å²) < 4.78 is 1.18. The summed E-state index contributed by atoms with van der Waals surface area (Å²) in [5.41, 5.74) is 1.43. The van der Waals surface area contributed by atoms with E-state index in [4.69, 9.17) is 0 Å². The third-order valence-corrected chi connectivity index (χ3v) is 3.74. The summed E-state index contributed by atoms with van der Waals surface area (Å²) in [4.78, 5) is 16.4. The highest BCUT2D eigenvalue weighted by Gasteiger charge is 2.09. The normalized spacial score (nSPS) is 10.6. The third kappa shape index (κ3) is 3.89. The minimum atomic E-state index is -0.0289. The molecule has 100 valence electrons. The van der Waals surface area contributed by atoms with Crippen molar-refractivity contribution in [1.29, 1.82) is 0 Å². The van der Waals surface area contributed by atoms with Crippen LogP contribution in [0.2, 0.25) is 0 Å². The summed E-state index contributed by atoms with van der Waals surface area (Å²) in [5.74, 6) is -0.0289. The van der Waals surface area contributed by atoms with Gasteiger partial charge >= 0.3 is 0 Å². The van der Waals surface area contributed by atoms with Gasteiger partial charge in [0, 0.05) is 18.1 Å². The maximum Gasteiger partial charge on any atom is 0.253 e. The molecule has 0 aliphatic rings. The second kappa shape index (κ2) is 7.43. The van der Waals surface area contributed by atoms with Crippen molar-refractivity contribution in [3.05, 3.63) is 42.1 Å². The molecule has 1 aromatic carbocycles. The maximum absolute atomic E-state index is 12.1. The van der Waals surface area contributed by atoms with E-state index in [-0.39, 0.29) is 5.91 Å². The fraction of sp³-hybridized carbons (Fsp3) is 0.333. The number of nitrogens with zero attached hydrogens (tertiary/aromatic N) is 1. The standard InChI is InChI=1S/C15H17IN2O/c16-9-2-1-3-10-18-15(19)13-8-4-6-12-7-5-11-17-14(12)13/h4-8,11H,1-3,9-10H2,(H,18,19). The van der Waals surface area contributed by atoms with Crippen LogP contribution < -0.4 is 5.32 Å². The van der Waals surface area contributed by atoms with Gasteiger partial charge in [-0.2, -0.15) is 0 Å². The van der Waals surface area contributed by atoms with Gasteiger partial charge in [0.1, 0.15) is 0 Å². The van der Waals surface area contributed by atoms with E-state index in [0.717, 1.165) is 30.3 Å². The highest BCUT2D eigenvalue weighted by molar-refractivity contribution is 14.1. The smallest absolute Gasteiger partial charge is 0.253 e. The molecule has 0 radical (unpaired) electrons. The summed E-state index contributed by atoms with van der Waals surface area (Å²) in [6.45, 7) is 0.735. The Kier molecular flexibility index (Phi) is 5.57. The van der Waals surface area contributed by atoms with Gasteiger partial charge in [-0.25, -0.2) is 0 Å². The lowest BCUT2D eigenvalue weighted by atomic mass is 10.1. The number of pyridine rings is 1.